The SMILES string of the molecule is CCCN(CCC)S(=O)(=O)c1ccc(C(=O)Nc2sc3c(c2C(N)=O)CCN(C)C3)cc1. The Morgan fingerprint density at radius 1 is 1.16 bits per heavy atom. The minimum Gasteiger partial charge on any atom is -0.365 e. The third-order valence-corrected chi connectivity index (χ3v) is 8.47. The van der Waals surface area contributed by atoms with Crippen molar-refractivity contribution in [2.75, 3.05) is 32.0 Å². The van der Waals surface area contributed by atoms with E-state index in [1.165, 1.54) is 39.9 Å². The van der Waals surface area contributed by atoms with Crippen LogP contribution in [0.3, 0.4) is 0 Å². The lowest BCUT2D eigenvalue weighted by atomic mass is 10.0. The maximum Gasteiger partial charge on any atom is 0.256 e. The number of likely N-dealkylation sites (N-methyl/N-ethyl adjacent to an activating group) is 1. The van der Waals surface area contributed by atoms with Crippen LogP contribution in [0.25, 0.3) is 0 Å². The number of rotatable bonds is 9. The highest BCUT2D eigenvalue weighted by atomic mass is 32.2. The molecule has 0 fully saturated rings. The fraction of sp³-hybridized carbons (Fsp3) is 0.455. The van der Waals surface area contributed by atoms with Crippen LogP contribution >= 0.6 is 11.3 Å². The van der Waals surface area contributed by atoms with Crippen molar-refractivity contribution in [3.63, 3.8) is 0 Å². The number of carbonyl (C=O) groups excluding carboxylic acids is 2. The molecule has 0 saturated heterocycles. The van der Waals surface area contributed by atoms with Gasteiger partial charge >= 0.3 is 0 Å². The van der Waals surface area contributed by atoms with Crippen LogP contribution in [0.4, 0.5) is 5.00 Å². The molecule has 0 bridgehead atoms. The van der Waals surface area contributed by atoms with E-state index < -0.39 is 21.8 Å². The minimum absolute atomic E-state index is 0.156. The monoisotopic (exact) mass is 478 g/mol. The molecule has 0 radical (unpaired) electrons. The quantitative estimate of drug-likeness (QED) is 0.575. The topological polar surface area (TPSA) is 113 Å². The predicted molar refractivity (Wildman–Crippen MR) is 127 cm³/mol. The first-order chi connectivity index (χ1) is 15.2. The van der Waals surface area contributed by atoms with Crippen LogP contribution in [-0.2, 0) is 23.0 Å². The van der Waals surface area contributed by atoms with Crippen molar-refractivity contribution in [1.29, 1.82) is 0 Å². The van der Waals surface area contributed by atoms with Crippen LogP contribution in [-0.4, -0.2) is 56.1 Å². The third-order valence-electron chi connectivity index (χ3n) is 5.42. The van der Waals surface area contributed by atoms with Crippen molar-refractivity contribution in [2.24, 2.45) is 5.73 Å². The highest BCUT2D eigenvalue weighted by Gasteiger charge is 2.27. The van der Waals surface area contributed by atoms with Gasteiger partial charge in [0.2, 0.25) is 10.0 Å². The number of hydrogen-bond donors (Lipinski definition) is 2. The average molecular weight is 479 g/mol. The van der Waals surface area contributed by atoms with Gasteiger partial charge in [0.15, 0.2) is 0 Å². The molecule has 0 unspecified atom stereocenters. The number of primary amides is 1. The molecule has 8 nitrogen and oxygen atoms in total. The summed E-state index contributed by atoms with van der Waals surface area (Å²) in [4.78, 5) is 28.2. The summed E-state index contributed by atoms with van der Waals surface area (Å²) in [7, 11) is -1.61. The van der Waals surface area contributed by atoms with Gasteiger partial charge < -0.3 is 16.0 Å². The van der Waals surface area contributed by atoms with Gasteiger partial charge in [0, 0.05) is 36.6 Å². The molecule has 0 spiro atoms. The molecule has 174 valence electrons. The van der Waals surface area contributed by atoms with Gasteiger partial charge in [-0.3, -0.25) is 9.59 Å². The molecule has 2 heterocycles. The lowest BCUT2D eigenvalue weighted by Crippen LogP contribution is -2.32. The Hall–Kier alpha value is -2.27. The Bertz CT molecular complexity index is 1090. The number of carbonyl (C=O) groups is 2. The van der Waals surface area contributed by atoms with Gasteiger partial charge in [-0.2, -0.15) is 4.31 Å². The van der Waals surface area contributed by atoms with Gasteiger partial charge in [-0.05, 0) is 56.1 Å². The van der Waals surface area contributed by atoms with Gasteiger partial charge in [-0.15, -0.1) is 11.3 Å². The number of fused-ring (bicyclic) bond motifs is 1. The smallest absolute Gasteiger partial charge is 0.256 e. The molecule has 2 amide bonds. The summed E-state index contributed by atoms with van der Waals surface area (Å²) in [6.07, 6.45) is 2.15. The van der Waals surface area contributed by atoms with Crippen molar-refractivity contribution >= 4 is 38.2 Å². The zero-order valence-electron chi connectivity index (χ0n) is 18.7. The first-order valence-electron chi connectivity index (χ1n) is 10.7. The maximum absolute atomic E-state index is 12.9. The van der Waals surface area contributed by atoms with Gasteiger partial charge in [0.25, 0.3) is 11.8 Å². The molecule has 0 atom stereocenters. The molecule has 0 saturated carbocycles. The Morgan fingerprint density at radius 3 is 2.34 bits per heavy atom. The highest BCUT2D eigenvalue weighted by Crippen LogP contribution is 2.36. The summed E-state index contributed by atoms with van der Waals surface area (Å²) in [6.45, 7) is 6.30. The van der Waals surface area contributed by atoms with Crippen LogP contribution in [0.15, 0.2) is 29.2 Å². The molecule has 2 aromatic rings. The molecule has 1 aromatic heterocycles. The lowest BCUT2D eigenvalue weighted by Gasteiger charge is -2.22. The van der Waals surface area contributed by atoms with E-state index in [0.29, 0.717) is 42.2 Å². The zero-order valence-corrected chi connectivity index (χ0v) is 20.3. The van der Waals surface area contributed by atoms with E-state index in [1.54, 1.807) is 0 Å². The minimum atomic E-state index is -3.61. The van der Waals surface area contributed by atoms with Crippen molar-refractivity contribution in [1.82, 2.24) is 9.21 Å². The van der Waals surface area contributed by atoms with E-state index in [2.05, 4.69) is 10.2 Å². The van der Waals surface area contributed by atoms with Crippen LogP contribution in [0.2, 0.25) is 0 Å². The summed E-state index contributed by atoms with van der Waals surface area (Å²) in [6, 6.07) is 5.88. The standard InChI is InChI=1S/C22H30N4O4S2/c1-4-11-26(12-5-2)32(29,30)16-8-6-15(7-9-16)21(28)24-22-19(20(23)27)17-10-13-25(3)14-18(17)31-22/h6-9H,4-5,10-14H2,1-3H3,(H2,23,27)(H,24,28). The number of sulfonamides is 1. The normalized spacial score (nSPS) is 14.4. The summed E-state index contributed by atoms with van der Waals surface area (Å²) in [5.41, 5.74) is 7.20. The number of benzene rings is 1. The van der Waals surface area contributed by atoms with Crippen LogP contribution in [0.1, 0.15) is 57.8 Å². The van der Waals surface area contributed by atoms with Gasteiger partial charge in [0.1, 0.15) is 5.00 Å². The summed E-state index contributed by atoms with van der Waals surface area (Å²) in [5, 5.41) is 3.24. The first kappa shape index (κ1) is 24.4. The van der Waals surface area contributed by atoms with Gasteiger partial charge in [-0.25, -0.2) is 8.42 Å². The molecule has 1 aliphatic heterocycles. The molecule has 3 rings (SSSR count). The molecule has 1 aromatic carbocycles. The van der Waals surface area contributed by atoms with Crippen molar-refractivity contribution in [2.45, 2.75) is 44.6 Å². The predicted octanol–water partition coefficient (Wildman–Crippen LogP) is 2.90. The number of nitrogens with two attached hydrogens (primary N) is 1. The molecular weight excluding hydrogens is 448 g/mol. The van der Waals surface area contributed by atoms with Crippen molar-refractivity contribution in [3.8, 4) is 0 Å². The number of amides is 2. The Labute approximate surface area is 193 Å². The Morgan fingerprint density at radius 2 is 1.78 bits per heavy atom. The number of nitrogens with one attached hydrogen (secondary N) is 1. The second-order valence-corrected chi connectivity index (χ2v) is 11.0. The maximum atomic E-state index is 12.9. The fourth-order valence-electron chi connectivity index (χ4n) is 3.83. The largest absolute Gasteiger partial charge is 0.365 e. The number of nitrogens with zero attached hydrogens (tertiary/aromatic N) is 2. The second kappa shape index (κ2) is 10.1. The zero-order chi connectivity index (χ0) is 23.5. The molecule has 3 N–H and O–H groups in total. The molecule has 1 aliphatic rings. The fourth-order valence-corrected chi connectivity index (χ4v) is 6.79. The summed E-state index contributed by atoms with van der Waals surface area (Å²) >= 11 is 1.36. The van der Waals surface area contributed by atoms with E-state index >= 15 is 0 Å². The Balaban J connectivity index is 1.82. The highest BCUT2D eigenvalue weighted by molar-refractivity contribution is 7.89. The van der Waals surface area contributed by atoms with Crippen molar-refractivity contribution in [3.05, 3.63) is 45.8 Å². The molecule has 32 heavy (non-hydrogen) atoms. The lowest BCUT2D eigenvalue weighted by molar-refractivity contribution is 0.1000. The number of hydrogen-bond acceptors (Lipinski definition) is 6. The van der Waals surface area contributed by atoms with E-state index in [4.69, 9.17) is 5.73 Å². The van der Waals surface area contributed by atoms with E-state index in [1.807, 2.05) is 20.9 Å². The second-order valence-electron chi connectivity index (χ2n) is 7.94. The summed E-state index contributed by atoms with van der Waals surface area (Å²) in [5.74, 6) is -0.974. The number of thiophene rings is 1. The van der Waals surface area contributed by atoms with Gasteiger partial charge in [0.05, 0.1) is 10.5 Å². The third kappa shape index (κ3) is 5.03. The Kier molecular flexibility index (Phi) is 7.71. The van der Waals surface area contributed by atoms with E-state index in [0.717, 1.165) is 29.8 Å². The van der Waals surface area contributed by atoms with E-state index in [-0.39, 0.29) is 4.90 Å². The first-order valence-corrected chi connectivity index (χ1v) is 13.0. The van der Waals surface area contributed by atoms with Crippen molar-refractivity contribution < 1.29 is 18.0 Å². The van der Waals surface area contributed by atoms with Crippen LogP contribution in [0, 0.1) is 0 Å². The molecular formula is C22H30N4O4S2. The van der Waals surface area contributed by atoms with E-state index in [9.17, 15) is 18.0 Å². The van der Waals surface area contributed by atoms with Gasteiger partial charge in [-0.1, -0.05) is 13.8 Å². The average Bonchev–Trinajstić information content (AvgIpc) is 3.10. The van der Waals surface area contributed by atoms with Crippen LogP contribution in [0.5, 0.6) is 0 Å². The molecule has 0 aliphatic carbocycles. The molecule has 10 heteroatoms. The summed E-state index contributed by atoms with van der Waals surface area (Å²) < 4.78 is 27.3. The van der Waals surface area contributed by atoms with Crippen LogP contribution < -0.4 is 11.1 Å². The number of anilines is 1.